The molecule has 0 unspecified atom stereocenters. The SMILES string of the molecule is CCNC(=NCc1cccc(OCc2ccccn2)c1)NCCc1ncc(C)s1.I. The second-order valence-electron chi connectivity index (χ2n) is 6.49. The summed E-state index contributed by atoms with van der Waals surface area (Å²) in [6, 6.07) is 13.8. The highest BCUT2D eigenvalue weighted by molar-refractivity contribution is 14.0. The molecule has 0 spiro atoms. The van der Waals surface area contributed by atoms with E-state index in [2.05, 4.69) is 45.5 Å². The minimum atomic E-state index is 0. The second kappa shape index (κ2) is 13.2. The van der Waals surface area contributed by atoms with Crippen LogP contribution in [-0.2, 0) is 19.6 Å². The topological polar surface area (TPSA) is 71.4 Å². The number of nitrogens with one attached hydrogen (secondary N) is 2. The molecule has 3 aromatic rings. The Hall–Kier alpha value is -2.20. The van der Waals surface area contributed by atoms with Gasteiger partial charge in [0.15, 0.2) is 5.96 Å². The van der Waals surface area contributed by atoms with Crippen LogP contribution in [0.25, 0.3) is 0 Å². The number of ether oxygens (including phenoxy) is 1. The van der Waals surface area contributed by atoms with Gasteiger partial charge in [0, 0.05) is 36.8 Å². The number of thiazole rings is 1. The molecule has 0 aliphatic carbocycles. The Morgan fingerprint density at radius 2 is 2.03 bits per heavy atom. The lowest BCUT2D eigenvalue weighted by molar-refractivity contribution is 0.301. The second-order valence-corrected chi connectivity index (χ2v) is 7.81. The van der Waals surface area contributed by atoms with E-state index in [1.807, 2.05) is 42.6 Å². The van der Waals surface area contributed by atoms with Gasteiger partial charge in [0.25, 0.3) is 0 Å². The highest BCUT2D eigenvalue weighted by Gasteiger charge is 2.02. The summed E-state index contributed by atoms with van der Waals surface area (Å²) in [4.78, 5) is 14.6. The van der Waals surface area contributed by atoms with Crippen LogP contribution in [-0.4, -0.2) is 29.0 Å². The number of halogens is 1. The monoisotopic (exact) mass is 537 g/mol. The molecule has 3 rings (SSSR count). The fourth-order valence-corrected chi connectivity index (χ4v) is 3.48. The highest BCUT2D eigenvalue weighted by Crippen LogP contribution is 2.15. The molecule has 0 saturated carbocycles. The van der Waals surface area contributed by atoms with Crippen LogP contribution in [0, 0.1) is 6.92 Å². The molecule has 0 amide bonds. The summed E-state index contributed by atoms with van der Waals surface area (Å²) in [5.74, 6) is 1.63. The number of nitrogens with zero attached hydrogens (tertiary/aromatic N) is 3. The number of guanidine groups is 1. The highest BCUT2D eigenvalue weighted by atomic mass is 127. The zero-order chi connectivity index (χ0) is 20.3. The van der Waals surface area contributed by atoms with Crippen molar-refractivity contribution in [3.05, 3.63) is 76.0 Å². The molecule has 0 radical (unpaired) electrons. The molecule has 2 heterocycles. The van der Waals surface area contributed by atoms with Gasteiger partial charge in [0.05, 0.1) is 17.2 Å². The maximum absolute atomic E-state index is 5.85. The molecule has 2 N–H and O–H groups in total. The van der Waals surface area contributed by atoms with E-state index in [0.29, 0.717) is 13.2 Å². The normalized spacial score (nSPS) is 10.9. The molecule has 6 nitrogen and oxygen atoms in total. The standard InChI is InChI=1S/C22H27N5OS.HI/c1-3-23-22(25-12-10-21-26-14-17(2)29-21)27-15-18-7-6-9-20(13-18)28-16-19-8-4-5-11-24-19;/h4-9,11,13-14H,3,10,12,15-16H2,1-2H3,(H2,23,25,27);1H. The van der Waals surface area contributed by atoms with E-state index in [1.165, 1.54) is 4.88 Å². The molecule has 1 aromatic carbocycles. The molecular weight excluding hydrogens is 509 g/mol. The van der Waals surface area contributed by atoms with E-state index in [1.54, 1.807) is 17.5 Å². The van der Waals surface area contributed by atoms with Crippen LogP contribution < -0.4 is 15.4 Å². The first-order valence-corrected chi connectivity index (χ1v) is 10.6. The third-order valence-corrected chi connectivity index (χ3v) is 5.05. The number of hydrogen-bond donors (Lipinski definition) is 2. The van der Waals surface area contributed by atoms with Crippen molar-refractivity contribution in [2.24, 2.45) is 4.99 Å². The van der Waals surface area contributed by atoms with E-state index >= 15 is 0 Å². The van der Waals surface area contributed by atoms with Gasteiger partial charge in [-0.3, -0.25) is 4.98 Å². The Labute approximate surface area is 199 Å². The molecule has 0 bridgehead atoms. The number of rotatable bonds is 9. The Morgan fingerprint density at radius 3 is 2.77 bits per heavy atom. The van der Waals surface area contributed by atoms with Gasteiger partial charge in [-0.05, 0) is 43.7 Å². The van der Waals surface area contributed by atoms with Crippen molar-refractivity contribution in [3.63, 3.8) is 0 Å². The lowest BCUT2D eigenvalue weighted by Gasteiger charge is -2.11. The number of pyridine rings is 1. The van der Waals surface area contributed by atoms with Crippen molar-refractivity contribution in [1.82, 2.24) is 20.6 Å². The zero-order valence-electron chi connectivity index (χ0n) is 17.3. The Balaban J connectivity index is 0.00000320. The molecular formula is C22H28IN5OS. The van der Waals surface area contributed by atoms with Crippen LogP contribution >= 0.6 is 35.3 Å². The third kappa shape index (κ3) is 8.27. The number of aliphatic imine (C=N–C) groups is 1. The summed E-state index contributed by atoms with van der Waals surface area (Å²) in [5, 5.41) is 7.81. The fraction of sp³-hybridized carbons (Fsp3) is 0.318. The summed E-state index contributed by atoms with van der Waals surface area (Å²) < 4.78 is 5.85. The van der Waals surface area contributed by atoms with Crippen molar-refractivity contribution < 1.29 is 4.74 Å². The summed E-state index contributed by atoms with van der Waals surface area (Å²) in [6.07, 6.45) is 4.58. The molecule has 30 heavy (non-hydrogen) atoms. The van der Waals surface area contributed by atoms with Crippen LogP contribution in [0.1, 0.15) is 28.1 Å². The molecule has 0 fully saturated rings. The van der Waals surface area contributed by atoms with Crippen molar-refractivity contribution in [2.45, 2.75) is 33.4 Å². The van der Waals surface area contributed by atoms with Crippen molar-refractivity contribution in [3.8, 4) is 5.75 Å². The van der Waals surface area contributed by atoms with Gasteiger partial charge in [0.1, 0.15) is 12.4 Å². The molecule has 8 heteroatoms. The summed E-state index contributed by atoms with van der Waals surface area (Å²) >= 11 is 1.74. The lowest BCUT2D eigenvalue weighted by Crippen LogP contribution is -2.38. The number of aromatic nitrogens is 2. The van der Waals surface area contributed by atoms with Gasteiger partial charge in [-0.1, -0.05) is 18.2 Å². The van der Waals surface area contributed by atoms with E-state index in [4.69, 9.17) is 4.74 Å². The largest absolute Gasteiger partial charge is 0.487 e. The smallest absolute Gasteiger partial charge is 0.191 e. The van der Waals surface area contributed by atoms with Crippen LogP contribution in [0.3, 0.4) is 0 Å². The molecule has 0 aliphatic heterocycles. The Morgan fingerprint density at radius 1 is 1.13 bits per heavy atom. The maximum Gasteiger partial charge on any atom is 0.191 e. The van der Waals surface area contributed by atoms with Gasteiger partial charge in [-0.25, -0.2) is 9.98 Å². The van der Waals surface area contributed by atoms with Gasteiger partial charge < -0.3 is 15.4 Å². The quantitative estimate of drug-likeness (QED) is 0.242. The average Bonchev–Trinajstić information content (AvgIpc) is 3.16. The summed E-state index contributed by atoms with van der Waals surface area (Å²) in [7, 11) is 0. The maximum atomic E-state index is 5.85. The summed E-state index contributed by atoms with van der Waals surface area (Å²) in [6.45, 7) is 6.78. The van der Waals surface area contributed by atoms with Crippen LogP contribution in [0.2, 0.25) is 0 Å². The fourth-order valence-electron chi connectivity index (χ4n) is 2.69. The molecule has 0 saturated heterocycles. The van der Waals surface area contributed by atoms with Crippen molar-refractivity contribution in [1.29, 1.82) is 0 Å². The lowest BCUT2D eigenvalue weighted by atomic mass is 10.2. The predicted octanol–water partition coefficient (Wildman–Crippen LogP) is 4.34. The van der Waals surface area contributed by atoms with Gasteiger partial charge in [0.2, 0.25) is 0 Å². The van der Waals surface area contributed by atoms with Crippen LogP contribution in [0.15, 0.2) is 59.9 Å². The molecule has 0 aliphatic rings. The van der Waals surface area contributed by atoms with Crippen LogP contribution in [0.5, 0.6) is 5.75 Å². The molecule has 160 valence electrons. The molecule has 0 atom stereocenters. The number of hydrogen-bond acceptors (Lipinski definition) is 5. The van der Waals surface area contributed by atoms with Gasteiger partial charge >= 0.3 is 0 Å². The summed E-state index contributed by atoms with van der Waals surface area (Å²) in [5.41, 5.74) is 2.00. The van der Waals surface area contributed by atoms with E-state index in [9.17, 15) is 0 Å². The van der Waals surface area contributed by atoms with Crippen molar-refractivity contribution >= 4 is 41.3 Å². The van der Waals surface area contributed by atoms with E-state index in [-0.39, 0.29) is 24.0 Å². The Bertz CT molecular complexity index is 917. The minimum absolute atomic E-state index is 0. The van der Waals surface area contributed by atoms with Gasteiger partial charge in [-0.15, -0.1) is 35.3 Å². The minimum Gasteiger partial charge on any atom is -0.487 e. The number of aryl methyl sites for hydroxylation is 1. The van der Waals surface area contributed by atoms with E-state index in [0.717, 1.165) is 47.5 Å². The van der Waals surface area contributed by atoms with Crippen LogP contribution in [0.4, 0.5) is 0 Å². The third-order valence-electron chi connectivity index (χ3n) is 4.08. The Kier molecular flexibility index (Phi) is 10.6. The average molecular weight is 537 g/mol. The first-order chi connectivity index (χ1) is 14.2. The predicted molar refractivity (Wildman–Crippen MR) is 134 cm³/mol. The van der Waals surface area contributed by atoms with Crippen molar-refractivity contribution in [2.75, 3.05) is 13.1 Å². The van der Waals surface area contributed by atoms with E-state index < -0.39 is 0 Å². The van der Waals surface area contributed by atoms with Gasteiger partial charge in [-0.2, -0.15) is 0 Å². The first-order valence-electron chi connectivity index (χ1n) is 9.78. The molecule has 2 aromatic heterocycles. The first kappa shape index (κ1) is 24.1. The zero-order valence-corrected chi connectivity index (χ0v) is 20.4. The number of benzene rings is 1.